The van der Waals surface area contributed by atoms with Crippen LogP contribution in [0.4, 0.5) is 0 Å². The largest absolute Gasteiger partial charge is 0.468 e. The predicted molar refractivity (Wildman–Crippen MR) is 111 cm³/mol. The molecule has 1 atom stereocenters. The van der Waals surface area contributed by atoms with E-state index in [1.165, 1.54) is 7.11 Å². The summed E-state index contributed by atoms with van der Waals surface area (Å²) in [5.41, 5.74) is 1.91. The van der Waals surface area contributed by atoms with Gasteiger partial charge in [-0.3, -0.25) is 9.69 Å². The standard InChI is InChI=1S/C23H28ClNO3/c1-3-21(22(26)27-2)25-15-13-23(14-16-25,19-9-11-20(24)12-10-19)28-17-18-7-5-4-6-8-18/h4-12,21H,3,13-17H2,1-2H3. The summed E-state index contributed by atoms with van der Waals surface area (Å²) in [6.07, 6.45) is 2.37. The van der Waals surface area contributed by atoms with E-state index in [1.807, 2.05) is 37.3 Å². The van der Waals surface area contributed by atoms with Crippen LogP contribution >= 0.6 is 11.6 Å². The number of rotatable bonds is 7. The summed E-state index contributed by atoms with van der Waals surface area (Å²) in [5.74, 6) is -0.160. The first-order chi connectivity index (χ1) is 13.6. The van der Waals surface area contributed by atoms with E-state index in [9.17, 15) is 4.79 Å². The molecule has 1 aliphatic rings. The molecule has 0 saturated carbocycles. The van der Waals surface area contributed by atoms with Gasteiger partial charge in [0.15, 0.2) is 0 Å². The maximum atomic E-state index is 12.1. The molecule has 0 radical (unpaired) electrons. The number of carbonyl (C=O) groups excluding carboxylic acids is 1. The number of nitrogens with zero attached hydrogens (tertiary/aromatic N) is 1. The van der Waals surface area contributed by atoms with Crippen molar-refractivity contribution in [3.8, 4) is 0 Å². The number of ether oxygens (including phenoxy) is 2. The number of esters is 1. The minimum Gasteiger partial charge on any atom is -0.468 e. The molecule has 1 unspecified atom stereocenters. The Morgan fingerprint density at radius 2 is 1.75 bits per heavy atom. The molecule has 3 rings (SSSR count). The zero-order valence-electron chi connectivity index (χ0n) is 16.6. The van der Waals surface area contributed by atoms with Crippen LogP contribution in [0.5, 0.6) is 0 Å². The minimum absolute atomic E-state index is 0.160. The van der Waals surface area contributed by atoms with Gasteiger partial charge < -0.3 is 9.47 Å². The van der Waals surface area contributed by atoms with Gasteiger partial charge in [0, 0.05) is 18.1 Å². The van der Waals surface area contributed by atoms with Crippen molar-refractivity contribution in [3.05, 3.63) is 70.7 Å². The molecule has 1 heterocycles. The van der Waals surface area contributed by atoms with Crippen molar-refractivity contribution in [2.24, 2.45) is 0 Å². The second kappa shape index (κ2) is 9.55. The average Bonchev–Trinajstić information content (AvgIpc) is 2.75. The highest BCUT2D eigenvalue weighted by molar-refractivity contribution is 6.30. The topological polar surface area (TPSA) is 38.8 Å². The highest BCUT2D eigenvalue weighted by Crippen LogP contribution is 2.39. The van der Waals surface area contributed by atoms with Gasteiger partial charge in [-0.15, -0.1) is 0 Å². The van der Waals surface area contributed by atoms with E-state index in [-0.39, 0.29) is 17.6 Å². The molecule has 0 N–H and O–H groups in total. The average molecular weight is 402 g/mol. The highest BCUT2D eigenvalue weighted by atomic mass is 35.5. The minimum atomic E-state index is -0.384. The highest BCUT2D eigenvalue weighted by Gasteiger charge is 2.40. The lowest BCUT2D eigenvalue weighted by molar-refractivity contribution is -0.151. The van der Waals surface area contributed by atoms with Crippen LogP contribution in [0.1, 0.15) is 37.3 Å². The van der Waals surface area contributed by atoms with Crippen LogP contribution in [0.3, 0.4) is 0 Å². The second-order valence-electron chi connectivity index (χ2n) is 7.26. The molecule has 0 spiro atoms. The predicted octanol–water partition coefficient (Wildman–Crippen LogP) is 4.80. The molecule has 1 saturated heterocycles. The van der Waals surface area contributed by atoms with Gasteiger partial charge in [-0.2, -0.15) is 0 Å². The fourth-order valence-electron chi connectivity index (χ4n) is 3.97. The Kier molecular flexibility index (Phi) is 7.11. The summed E-state index contributed by atoms with van der Waals surface area (Å²) in [6.45, 7) is 4.14. The monoisotopic (exact) mass is 401 g/mol. The molecule has 0 aliphatic carbocycles. The second-order valence-corrected chi connectivity index (χ2v) is 7.70. The van der Waals surface area contributed by atoms with Crippen molar-refractivity contribution in [2.75, 3.05) is 20.2 Å². The van der Waals surface area contributed by atoms with E-state index >= 15 is 0 Å². The molecular weight excluding hydrogens is 374 g/mol. The molecule has 4 nitrogen and oxygen atoms in total. The van der Waals surface area contributed by atoms with Crippen molar-refractivity contribution in [2.45, 2.75) is 44.4 Å². The fourth-order valence-corrected chi connectivity index (χ4v) is 4.10. The number of hydrogen-bond acceptors (Lipinski definition) is 4. The smallest absolute Gasteiger partial charge is 0.323 e. The van der Waals surface area contributed by atoms with Gasteiger partial charge in [-0.1, -0.05) is 61.0 Å². The van der Waals surface area contributed by atoms with Crippen LogP contribution in [0.25, 0.3) is 0 Å². The Bertz CT molecular complexity index is 755. The molecule has 150 valence electrons. The van der Waals surface area contributed by atoms with Crippen molar-refractivity contribution >= 4 is 17.6 Å². The van der Waals surface area contributed by atoms with Crippen LogP contribution in [-0.2, 0) is 26.5 Å². The van der Waals surface area contributed by atoms with E-state index in [1.54, 1.807) is 0 Å². The van der Waals surface area contributed by atoms with E-state index in [4.69, 9.17) is 21.1 Å². The van der Waals surface area contributed by atoms with Crippen LogP contribution in [0.15, 0.2) is 54.6 Å². The number of methoxy groups -OCH3 is 1. The summed E-state index contributed by atoms with van der Waals surface area (Å²) in [7, 11) is 1.45. The van der Waals surface area contributed by atoms with Gasteiger partial charge in [0.1, 0.15) is 6.04 Å². The van der Waals surface area contributed by atoms with Crippen molar-refractivity contribution < 1.29 is 14.3 Å². The third-order valence-corrected chi connectivity index (χ3v) is 5.89. The number of likely N-dealkylation sites (tertiary alicyclic amines) is 1. The number of hydrogen-bond donors (Lipinski definition) is 0. The quantitative estimate of drug-likeness (QED) is 0.624. The molecule has 1 fully saturated rings. The molecule has 0 aromatic heterocycles. The first kappa shape index (κ1) is 20.8. The number of piperidine rings is 1. The first-order valence-corrected chi connectivity index (χ1v) is 10.2. The van der Waals surface area contributed by atoms with Crippen LogP contribution in [0, 0.1) is 0 Å². The Morgan fingerprint density at radius 3 is 2.32 bits per heavy atom. The number of halogens is 1. The molecule has 28 heavy (non-hydrogen) atoms. The van der Waals surface area contributed by atoms with Crippen molar-refractivity contribution in [3.63, 3.8) is 0 Å². The summed E-state index contributed by atoms with van der Waals surface area (Å²) >= 11 is 6.10. The van der Waals surface area contributed by atoms with Crippen LogP contribution in [0.2, 0.25) is 5.02 Å². The lowest BCUT2D eigenvalue weighted by atomic mass is 9.83. The number of carbonyl (C=O) groups is 1. The molecule has 5 heteroatoms. The fraction of sp³-hybridized carbons (Fsp3) is 0.435. The van der Waals surface area contributed by atoms with Crippen LogP contribution in [-0.4, -0.2) is 37.1 Å². The zero-order valence-corrected chi connectivity index (χ0v) is 17.3. The van der Waals surface area contributed by atoms with Gasteiger partial charge >= 0.3 is 5.97 Å². The molecular formula is C23H28ClNO3. The van der Waals surface area contributed by atoms with E-state index < -0.39 is 0 Å². The molecule has 0 bridgehead atoms. The van der Waals surface area contributed by atoms with Crippen molar-refractivity contribution in [1.29, 1.82) is 0 Å². The molecule has 2 aromatic rings. The third kappa shape index (κ3) is 4.75. The lowest BCUT2D eigenvalue weighted by Gasteiger charge is -2.44. The SMILES string of the molecule is CCC(C(=O)OC)N1CCC(OCc2ccccc2)(c2ccc(Cl)cc2)CC1. The van der Waals surface area contributed by atoms with Gasteiger partial charge in [0.25, 0.3) is 0 Å². The van der Waals surface area contributed by atoms with E-state index in [2.05, 4.69) is 29.2 Å². The Morgan fingerprint density at radius 1 is 1.11 bits per heavy atom. The summed E-state index contributed by atoms with van der Waals surface area (Å²) in [5, 5.41) is 0.719. The summed E-state index contributed by atoms with van der Waals surface area (Å²) in [6, 6.07) is 18.0. The van der Waals surface area contributed by atoms with Gasteiger partial charge in [-0.25, -0.2) is 0 Å². The van der Waals surface area contributed by atoms with Crippen LogP contribution < -0.4 is 0 Å². The zero-order chi connectivity index (χ0) is 20.0. The van der Waals surface area contributed by atoms with Gasteiger partial charge in [-0.05, 0) is 42.5 Å². The Labute approximate surface area is 172 Å². The van der Waals surface area contributed by atoms with E-state index in [0.717, 1.165) is 48.5 Å². The third-order valence-electron chi connectivity index (χ3n) is 5.63. The van der Waals surface area contributed by atoms with Gasteiger partial charge in [0.05, 0.1) is 19.3 Å². The van der Waals surface area contributed by atoms with Gasteiger partial charge in [0.2, 0.25) is 0 Å². The molecule has 0 amide bonds. The Hall–Kier alpha value is -1.88. The van der Waals surface area contributed by atoms with Crippen molar-refractivity contribution in [1.82, 2.24) is 4.90 Å². The first-order valence-electron chi connectivity index (χ1n) is 9.84. The van der Waals surface area contributed by atoms with E-state index in [0.29, 0.717) is 6.61 Å². The maximum absolute atomic E-state index is 12.1. The normalized spacial score (nSPS) is 17.8. The maximum Gasteiger partial charge on any atom is 0.323 e. The molecule has 2 aromatic carbocycles. The Balaban J connectivity index is 1.78. The number of benzene rings is 2. The molecule has 1 aliphatic heterocycles. The summed E-state index contributed by atoms with van der Waals surface area (Å²) in [4.78, 5) is 14.3. The lowest BCUT2D eigenvalue weighted by Crippen LogP contribution is -2.50. The summed E-state index contributed by atoms with van der Waals surface area (Å²) < 4.78 is 11.5.